The van der Waals surface area contributed by atoms with Gasteiger partial charge in [0.2, 0.25) is 0 Å². The second-order valence-electron chi connectivity index (χ2n) is 6.59. The fraction of sp³-hybridized carbons (Fsp3) is 0.562. The van der Waals surface area contributed by atoms with Gasteiger partial charge >= 0.3 is 5.97 Å². The molecule has 19 heavy (non-hydrogen) atoms. The summed E-state index contributed by atoms with van der Waals surface area (Å²) in [6, 6.07) is 7.46. The van der Waals surface area contributed by atoms with E-state index in [4.69, 9.17) is 4.74 Å². The topological polar surface area (TPSA) is 46.5 Å². The van der Waals surface area contributed by atoms with Gasteiger partial charge in [-0.3, -0.25) is 4.79 Å². The minimum atomic E-state index is -0.730. The van der Waals surface area contributed by atoms with Crippen LogP contribution in [0.2, 0.25) is 0 Å². The van der Waals surface area contributed by atoms with Crippen molar-refractivity contribution in [1.29, 1.82) is 0 Å². The fourth-order valence-electron chi connectivity index (χ4n) is 2.85. The summed E-state index contributed by atoms with van der Waals surface area (Å²) in [7, 11) is 1.60. The molecule has 0 bridgehead atoms. The van der Waals surface area contributed by atoms with Crippen molar-refractivity contribution in [2.45, 2.75) is 39.0 Å². The SMILES string of the molecule is COc1cccc(C2(C(=O)O)CC(C(C)(C)C)C2)c1. The van der Waals surface area contributed by atoms with E-state index >= 15 is 0 Å². The predicted molar refractivity (Wildman–Crippen MR) is 74.5 cm³/mol. The van der Waals surface area contributed by atoms with Gasteiger partial charge in [0.25, 0.3) is 0 Å². The van der Waals surface area contributed by atoms with Gasteiger partial charge < -0.3 is 9.84 Å². The highest BCUT2D eigenvalue weighted by atomic mass is 16.5. The lowest BCUT2D eigenvalue weighted by molar-refractivity contribution is -0.152. The first kappa shape index (κ1) is 13.9. The number of ether oxygens (including phenoxy) is 1. The van der Waals surface area contributed by atoms with E-state index in [2.05, 4.69) is 20.8 Å². The number of hydrogen-bond acceptors (Lipinski definition) is 2. The molecule has 0 radical (unpaired) electrons. The molecule has 3 nitrogen and oxygen atoms in total. The van der Waals surface area contributed by atoms with E-state index in [0.717, 1.165) is 11.3 Å². The summed E-state index contributed by atoms with van der Waals surface area (Å²) in [5.74, 6) is 0.452. The van der Waals surface area contributed by atoms with E-state index in [-0.39, 0.29) is 5.41 Å². The van der Waals surface area contributed by atoms with Crippen LogP contribution in [0, 0.1) is 11.3 Å². The van der Waals surface area contributed by atoms with Crippen molar-refractivity contribution >= 4 is 5.97 Å². The lowest BCUT2D eigenvalue weighted by Crippen LogP contribution is -2.51. The Morgan fingerprint density at radius 3 is 2.47 bits per heavy atom. The average Bonchev–Trinajstić information content (AvgIpc) is 2.25. The minimum absolute atomic E-state index is 0.165. The second kappa shape index (κ2) is 4.55. The Morgan fingerprint density at radius 2 is 2.00 bits per heavy atom. The molecule has 1 aromatic carbocycles. The maximum absolute atomic E-state index is 11.7. The van der Waals surface area contributed by atoms with Crippen LogP contribution in [0.4, 0.5) is 0 Å². The maximum atomic E-state index is 11.7. The number of carboxylic acid groups (broad SMARTS) is 1. The number of carbonyl (C=O) groups is 1. The highest BCUT2D eigenvalue weighted by Crippen LogP contribution is 2.54. The first-order valence-electron chi connectivity index (χ1n) is 6.67. The molecule has 1 N–H and O–H groups in total. The molecular weight excluding hydrogens is 240 g/mol. The molecule has 0 saturated heterocycles. The third-order valence-corrected chi connectivity index (χ3v) is 4.45. The summed E-state index contributed by atoms with van der Waals surface area (Å²) in [5.41, 5.74) is 0.296. The standard InChI is InChI=1S/C16H22O3/c1-15(2,3)12-9-16(10-12,14(17)18)11-6-5-7-13(8-11)19-4/h5-8,12H,9-10H2,1-4H3,(H,17,18). The Hall–Kier alpha value is -1.51. The maximum Gasteiger partial charge on any atom is 0.314 e. The van der Waals surface area contributed by atoms with Crippen LogP contribution in [0.25, 0.3) is 0 Å². The highest BCUT2D eigenvalue weighted by Gasteiger charge is 2.54. The number of rotatable bonds is 3. The van der Waals surface area contributed by atoms with Gasteiger partial charge in [-0.15, -0.1) is 0 Å². The number of benzene rings is 1. The summed E-state index contributed by atoms with van der Waals surface area (Å²) in [5, 5.41) is 9.64. The smallest absolute Gasteiger partial charge is 0.314 e. The molecule has 0 spiro atoms. The monoisotopic (exact) mass is 262 g/mol. The van der Waals surface area contributed by atoms with Crippen molar-refractivity contribution in [2.75, 3.05) is 7.11 Å². The quantitative estimate of drug-likeness (QED) is 0.907. The van der Waals surface area contributed by atoms with Gasteiger partial charge in [0.15, 0.2) is 0 Å². The zero-order chi connectivity index (χ0) is 14.3. The second-order valence-corrected chi connectivity index (χ2v) is 6.59. The summed E-state index contributed by atoms with van der Waals surface area (Å²) in [6.45, 7) is 6.53. The number of hydrogen-bond donors (Lipinski definition) is 1. The zero-order valence-corrected chi connectivity index (χ0v) is 12.1. The molecule has 1 saturated carbocycles. The van der Waals surface area contributed by atoms with E-state index in [1.54, 1.807) is 7.11 Å². The van der Waals surface area contributed by atoms with Crippen LogP contribution in [0.5, 0.6) is 5.75 Å². The predicted octanol–water partition coefficient (Wildman–Crippen LogP) is 3.47. The zero-order valence-electron chi connectivity index (χ0n) is 12.1. The van der Waals surface area contributed by atoms with Crippen LogP contribution in [0.1, 0.15) is 39.2 Å². The van der Waals surface area contributed by atoms with Crippen LogP contribution in [-0.2, 0) is 10.2 Å². The molecule has 104 valence electrons. The number of aliphatic carboxylic acids is 1. The molecule has 1 aliphatic rings. The molecular formula is C16H22O3. The molecule has 0 heterocycles. The Bertz CT molecular complexity index is 479. The van der Waals surface area contributed by atoms with Gasteiger partial charge in [-0.1, -0.05) is 32.9 Å². The number of methoxy groups -OCH3 is 1. The van der Waals surface area contributed by atoms with Crippen molar-refractivity contribution in [1.82, 2.24) is 0 Å². The third-order valence-electron chi connectivity index (χ3n) is 4.45. The number of carboxylic acids is 1. The Balaban J connectivity index is 2.30. The van der Waals surface area contributed by atoms with Gasteiger partial charge in [-0.2, -0.15) is 0 Å². The molecule has 1 aromatic rings. The molecule has 3 heteroatoms. The van der Waals surface area contributed by atoms with Gasteiger partial charge in [-0.25, -0.2) is 0 Å². The molecule has 0 amide bonds. The lowest BCUT2D eigenvalue weighted by atomic mass is 9.52. The van der Waals surface area contributed by atoms with E-state index in [1.165, 1.54) is 0 Å². The van der Waals surface area contributed by atoms with Crippen molar-refractivity contribution < 1.29 is 14.6 Å². The van der Waals surface area contributed by atoms with E-state index in [0.29, 0.717) is 18.8 Å². The molecule has 0 atom stereocenters. The molecule has 1 fully saturated rings. The van der Waals surface area contributed by atoms with Gasteiger partial charge in [0.05, 0.1) is 12.5 Å². The lowest BCUT2D eigenvalue weighted by Gasteiger charge is -2.50. The Morgan fingerprint density at radius 1 is 1.37 bits per heavy atom. The molecule has 0 aliphatic heterocycles. The van der Waals surface area contributed by atoms with Crippen molar-refractivity contribution in [3.63, 3.8) is 0 Å². The normalized spacial score (nSPS) is 26.6. The van der Waals surface area contributed by atoms with Crippen LogP contribution < -0.4 is 4.74 Å². The van der Waals surface area contributed by atoms with Gasteiger partial charge in [-0.05, 0) is 41.9 Å². The third kappa shape index (κ3) is 2.34. The minimum Gasteiger partial charge on any atom is -0.497 e. The molecule has 1 aliphatic carbocycles. The Labute approximate surface area is 114 Å². The summed E-state index contributed by atoms with van der Waals surface area (Å²) in [4.78, 5) is 11.7. The summed E-state index contributed by atoms with van der Waals surface area (Å²) >= 11 is 0. The highest BCUT2D eigenvalue weighted by molar-refractivity contribution is 5.83. The van der Waals surface area contributed by atoms with Crippen LogP contribution in [0.15, 0.2) is 24.3 Å². The van der Waals surface area contributed by atoms with Crippen LogP contribution >= 0.6 is 0 Å². The van der Waals surface area contributed by atoms with E-state index < -0.39 is 11.4 Å². The molecule has 0 aromatic heterocycles. The van der Waals surface area contributed by atoms with Crippen LogP contribution in [0.3, 0.4) is 0 Å². The molecule has 2 rings (SSSR count). The molecule has 0 unspecified atom stereocenters. The van der Waals surface area contributed by atoms with Crippen molar-refractivity contribution in [3.05, 3.63) is 29.8 Å². The largest absolute Gasteiger partial charge is 0.497 e. The van der Waals surface area contributed by atoms with Crippen molar-refractivity contribution in [2.24, 2.45) is 11.3 Å². The first-order valence-corrected chi connectivity index (χ1v) is 6.67. The van der Waals surface area contributed by atoms with Gasteiger partial charge in [0.1, 0.15) is 5.75 Å². The van der Waals surface area contributed by atoms with E-state index in [1.807, 2.05) is 24.3 Å². The Kier molecular flexibility index (Phi) is 3.33. The summed E-state index contributed by atoms with van der Waals surface area (Å²) < 4.78 is 5.20. The van der Waals surface area contributed by atoms with Crippen molar-refractivity contribution in [3.8, 4) is 5.75 Å². The summed E-state index contributed by atoms with van der Waals surface area (Å²) in [6.07, 6.45) is 1.41. The average molecular weight is 262 g/mol. The first-order chi connectivity index (χ1) is 8.79. The van der Waals surface area contributed by atoms with Crippen LogP contribution in [-0.4, -0.2) is 18.2 Å². The van der Waals surface area contributed by atoms with Gasteiger partial charge in [0, 0.05) is 0 Å². The fourth-order valence-corrected chi connectivity index (χ4v) is 2.85. The van der Waals surface area contributed by atoms with E-state index in [9.17, 15) is 9.90 Å².